The maximum atomic E-state index is 11.6. The first kappa shape index (κ1) is 12.7. The molecule has 0 spiro atoms. The van der Waals surface area contributed by atoms with Gasteiger partial charge in [0.05, 0.1) is 5.69 Å². The SMILES string of the molecule is CCCCC(=O)Nc1nc(-c2cccnc2)cs1. The Morgan fingerprint density at radius 3 is 3.11 bits per heavy atom. The summed E-state index contributed by atoms with van der Waals surface area (Å²) in [6.45, 7) is 2.07. The summed E-state index contributed by atoms with van der Waals surface area (Å²) in [5.41, 5.74) is 1.81. The molecule has 0 aliphatic heterocycles. The molecule has 0 aromatic carbocycles. The molecule has 0 saturated carbocycles. The number of nitrogens with zero attached hydrogens (tertiary/aromatic N) is 2. The number of carbonyl (C=O) groups is 1. The van der Waals surface area contributed by atoms with Gasteiger partial charge in [-0.3, -0.25) is 9.78 Å². The minimum atomic E-state index is 0.0314. The van der Waals surface area contributed by atoms with E-state index in [1.54, 1.807) is 12.4 Å². The molecular weight excluding hydrogens is 246 g/mol. The summed E-state index contributed by atoms with van der Waals surface area (Å²) >= 11 is 1.44. The van der Waals surface area contributed by atoms with Crippen LogP contribution in [0.2, 0.25) is 0 Å². The first-order valence-electron chi connectivity index (χ1n) is 5.95. The van der Waals surface area contributed by atoms with Gasteiger partial charge in [-0.15, -0.1) is 11.3 Å². The Hall–Kier alpha value is -1.75. The number of pyridine rings is 1. The number of aromatic nitrogens is 2. The van der Waals surface area contributed by atoms with Crippen molar-refractivity contribution in [1.82, 2.24) is 9.97 Å². The van der Waals surface area contributed by atoms with Gasteiger partial charge in [0, 0.05) is 29.8 Å². The number of hydrogen-bond donors (Lipinski definition) is 1. The minimum absolute atomic E-state index is 0.0314. The number of hydrogen-bond acceptors (Lipinski definition) is 4. The third kappa shape index (κ3) is 3.37. The fraction of sp³-hybridized carbons (Fsp3) is 0.308. The van der Waals surface area contributed by atoms with Gasteiger partial charge in [-0.05, 0) is 18.6 Å². The normalized spacial score (nSPS) is 10.3. The second-order valence-corrected chi connectivity index (χ2v) is 4.79. The summed E-state index contributed by atoms with van der Waals surface area (Å²) < 4.78 is 0. The standard InChI is InChI=1S/C13H15N3OS/c1-2-3-6-12(17)16-13-15-11(9-18-13)10-5-4-7-14-8-10/h4-5,7-9H,2-3,6H2,1H3,(H,15,16,17). The van der Waals surface area contributed by atoms with Crippen LogP contribution in [0.4, 0.5) is 5.13 Å². The van der Waals surface area contributed by atoms with E-state index >= 15 is 0 Å². The Morgan fingerprint density at radius 2 is 2.39 bits per heavy atom. The molecular formula is C13H15N3OS. The van der Waals surface area contributed by atoms with E-state index in [0.717, 1.165) is 24.1 Å². The highest BCUT2D eigenvalue weighted by atomic mass is 32.1. The number of thiazole rings is 1. The molecule has 94 valence electrons. The van der Waals surface area contributed by atoms with Crippen LogP contribution in [-0.4, -0.2) is 15.9 Å². The summed E-state index contributed by atoms with van der Waals surface area (Å²) in [7, 11) is 0. The zero-order chi connectivity index (χ0) is 12.8. The van der Waals surface area contributed by atoms with E-state index in [0.29, 0.717) is 11.6 Å². The van der Waals surface area contributed by atoms with Crippen molar-refractivity contribution in [3.8, 4) is 11.3 Å². The Balaban J connectivity index is 2.00. The van der Waals surface area contributed by atoms with Crippen LogP contribution in [0.3, 0.4) is 0 Å². The number of nitrogens with one attached hydrogen (secondary N) is 1. The molecule has 0 radical (unpaired) electrons. The van der Waals surface area contributed by atoms with Gasteiger partial charge < -0.3 is 5.32 Å². The Labute approximate surface area is 110 Å². The molecule has 0 aliphatic carbocycles. The van der Waals surface area contributed by atoms with Crippen LogP contribution in [0, 0.1) is 0 Å². The van der Waals surface area contributed by atoms with Crippen molar-refractivity contribution in [3.05, 3.63) is 29.9 Å². The average molecular weight is 261 g/mol. The first-order chi connectivity index (χ1) is 8.79. The molecule has 1 N–H and O–H groups in total. The Kier molecular flexibility index (Phi) is 4.41. The fourth-order valence-electron chi connectivity index (χ4n) is 1.50. The third-order valence-corrected chi connectivity index (χ3v) is 3.22. The van der Waals surface area contributed by atoms with Gasteiger partial charge in [0.1, 0.15) is 0 Å². The molecule has 18 heavy (non-hydrogen) atoms. The van der Waals surface area contributed by atoms with Crippen molar-refractivity contribution in [2.45, 2.75) is 26.2 Å². The van der Waals surface area contributed by atoms with Crippen LogP contribution in [0.1, 0.15) is 26.2 Å². The van der Waals surface area contributed by atoms with Crippen LogP contribution >= 0.6 is 11.3 Å². The minimum Gasteiger partial charge on any atom is -0.302 e. The van der Waals surface area contributed by atoms with E-state index < -0.39 is 0 Å². The summed E-state index contributed by atoms with van der Waals surface area (Å²) in [5.74, 6) is 0.0314. The molecule has 0 fully saturated rings. The summed E-state index contributed by atoms with van der Waals surface area (Å²) in [6, 6.07) is 3.82. The highest BCUT2D eigenvalue weighted by molar-refractivity contribution is 7.14. The van der Waals surface area contributed by atoms with Crippen molar-refractivity contribution in [2.24, 2.45) is 0 Å². The Morgan fingerprint density at radius 1 is 1.50 bits per heavy atom. The smallest absolute Gasteiger partial charge is 0.226 e. The van der Waals surface area contributed by atoms with Crippen LogP contribution in [0.5, 0.6) is 0 Å². The highest BCUT2D eigenvalue weighted by Gasteiger charge is 2.07. The van der Waals surface area contributed by atoms with Crippen LogP contribution < -0.4 is 5.32 Å². The molecule has 1 amide bonds. The van der Waals surface area contributed by atoms with Crippen molar-refractivity contribution in [2.75, 3.05) is 5.32 Å². The lowest BCUT2D eigenvalue weighted by molar-refractivity contribution is -0.116. The summed E-state index contributed by atoms with van der Waals surface area (Å²) in [4.78, 5) is 20.0. The predicted molar refractivity (Wildman–Crippen MR) is 73.5 cm³/mol. The maximum absolute atomic E-state index is 11.6. The van der Waals surface area contributed by atoms with E-state index in [9.17, 15) is 4.79 Å². The van der Waals surface area contributed by atoms with Gasteiger partial charge in [0.25, 0.3) is 0 Å². The molecule has 2 aromatic rings. The van der Waals surface area contributed by atoms with Gasteiger partial charge in [0.2, 0.25) is 5.91 Å². The largest absolute Gasteiger partial charge is 0.302 e. The average Bonchev–Trinajstić information content (AvgIpc) is 2.86. The van der Waals surface area contributed by atoms with E-state index in [2.05, 4.69) is 22.2 Å². The van der Waals surface area contributed by atoms with Crippen molar-refractivity contribution in [3.63, 3.8) is 0 Å². The van der Waals surface area contributed by atoms with Crippen molar-refractivity contribution in [1.29, 1.82) is 0 Å². The van der Waals surface area contributed by atoms with E-state index in [4.69, 9.17) is 0 Å². The quantitative estimate of drug-likeness (QED) is 0.898. The molecule has 0 aliphatic rings. The number of carbonyl (C=O) groups excluding carboxylic acids is 1. The summed E-state index contributed by atoms with van der Waals surface area (Å²) in [6.07, 6.45) is 5.97. The lowest BCUT2D eigenvalue weighted by atomic mass is 10.2. The second-order valence-electron chi connectivity index (χ2n) is 3.93. The van der Waals surface area contributed by atoms with Gasteiger partial charge in [-0.1, -0.05) is 13.3 Å². The predicted octanol–water partition coefficient (Wildman–Crippen LogP) is 3.33. The monoisotopic (exact) mass is 261 g/mol. The van der Waals surface area contributed by atoms with Crippen LogP contribution in [0.25, 0.3) is 11.3 Å². The molecule has 5 heteroatoms. The van der Waals surface area contributed by atoms with Gasteiger partial charge >= 0.3 is 0 Å². The molecule has 2 heterocycles. The molecule has 0 unspecified atom stereocenters. The fourth-order valence-corrected chi connectivity index (χ4v) is 2.23. The van der Waals surface area contributed by atoms with Crippen LogP contribution in [-0.2, 0) is 4.79 Å². The lowest BCUT2D eigenvalue weighted by Crippen LogP contribution is -2.10. The van der Waals surface area contributed by atoms with Gasteiger partial charge in [-0.25, -0.2) is 4.98 Å². The second kappa shape index (κ2) is 6.26. The highest BCUT2D eigenvalue weighted by Crippen LogP contribution is 2.24. The zero-order valence-corrected chi connectivity index (χ0v) is 11.0. The van der Waals surface area contributed by atoms with Crippen molar-refractivity contribution >= 4 is 22.4 Å². The van der Waals surface area contributed by atoms with E-state index in [1.165, 1.54) is 11.3 Å². The molecule has 0 atom stereocenters. The van der Waals surface area contributed by atoms with Crippen molar-refractivity contribution < 1.29 is 4.79 Å². The number of amides is 1. The number of unbranched alkanes of at least 4 members (excludes halogenated alkanes) is 1. The van der Waals surface area contributed by atoms with E-state index in [1.807, 2.05) is 17.5 Å². The Bertz CT molecular complexity index is 510. The maximum Gasteiger partial charge on any atom is 0.226 e. The molecule has 0 saturated heterocycles. The number of rotatable bonds is 5. The molecule has 0 bridgehead atoms. The molecule has 2 rings (SSSR count). The third-order valence-electron chi connectivity index (χ3n) is 2.47. The molecule has 2 aromatic heterocycles. The molecule has 4 nitrogen and oxygen atoms in total. The van der Waals surface area contributed by atoms with Gasteiger partial charge in [0.15, 0.2) is 5.13 Å². The number of anilines is 1. The van der Waals surface area contributed by atoms with E-state index in [-0.39, 0.29) is 5.91 Å². The zero-order valence-electron chi connectivity index (χ0n) is 10.2. The summed E-state index contributed by atoms with van der Waals surface area (Å²) in [5, 5.41) is 5.39. The van der Waals surface area contributed by atoms with Crippen LogP contribution in [0.15, 0.2) is 29.9 Å². The lowest BCUT2D eigenvalue weighted by Gasteiger charge is -1.99. The van der Waals surface area contributed by atoms with Gasteiger partial charge in [-0.2, -0.15) is 0 Å². The first-order valence-corrected chi connectivity index (χ1v) is 6.83. The topological polar surface area (TPSA) is 54.9 Å².